The normalized spacial score (nSPS) is 15.5. The maximum absolute atomic E-state index is 11.3. The number of carbonyl (C=O) groups is 1. The molecule has 2 atom stereocenters. The summed E-state index contributed by atoms with van der Waals surface area (Å²) in [5, 5.41) is 9.03. The van der Waals surface area contributed by atoms with E-state index in [0.717, 1.165) is 0 Å². The van der Waals surface area contributed by atoms with E-state index in [1.807, 2.05) is 0 Å². The van der Waals surface area contributed by atoms with Crippen LogP contribution >= 0.6 is 0 Å². The number of rotatable bonds is 7. The number of esters is 1. The summed E-state index contributed by atoms with van der Waals surface area (Å²) in [5.74, 6) is -1.56. The van der Waals surface area contributed by atoms with E-state index in [1.165, 1.54) is 6.92 Å². The molecule has 8 heteroatoms. The first kappa shape index (κ1) is 15.3. The smallest absolute Gasteiger partial charge is 0.322 e. The Labute approximate surface area is 95.0 Å². The molecule has 0 aromatic heterocycles. The summed E-state index contributed by atoms with van der Waals surface area (Å²) in [6.07, 6.45) is -0.828. The monoisotopic (exact) mass is 254 g/mol. The van der Waals surface area contributed by atoms with Crippen LogP contribution in [0.15, 0.2) is 0 Å². The van der Waals surface area contributed by atoms with Crippen molar-refractivity contribution in [1.29, 1.82) is 0 Å². The standard InChI is InChI=1S/C8H18N2O5S/c1-3-15-8(12)5-16(13,14)10-4-7(9)6(2)11/h6-7,10-11H,3-5,9H2,1-2H3. The third-order valence-corrected chi connectivity index (χ3v) is 2.99. The highest BCUT2D eigenvalue weighted by Gasteiger charge is 2.19. The zero-order chi connectivity index (χ0) is 12.8. The molecule has 0 saturated heterocycles. The maximum atomic E-state index is 11.3. The molecule has 0 heterocycles. The van der Waals surface area contributed by atoms with Crippen molar-refractivity contribution in [2.45, 2.75) is 26.0 Å². The van der Waals surface area contributed by atoms with Crippen LogP contribution in [0.25, 0.3) is 0 Å². The van der Waals surface area contributed by atoms with Gasteiger partial charge < -0.3 is 15.6 Å². The zero-order valence-corrected chi connectivity index (χ0v) is 10.2. The van der Waals surface area contributed by atoms with E-state index in [-0.39, 0.29) is 13.2 Å². The predicted octanol–water partition coefficient (Wildman–Crippen LogP) is -1.82. The van der Waals surface area contributed by atoms with Crippen molar-refractivity contribution >= 4 is 16.0 Å². The number of aliphatic hydroxyl groups is 1. The van der Waals surface area contributed by atoms with E-state index in [0.29, 0.717) is 0 Å². The summed E-state index contributed by atoms with van der Waals surface area (Å²) in [7, 11) is -3.75. The molecule has 4 N–H and O–H groups in total. The van der Waals surface area contributed by atoms with Crippen LogP contribution < -0.4 is 10.5 Å². The number of hydrogen-bond donors (Lipinski definition) is 3. The second kappa shape index (κ2) is 6.79. The van der Waals surface area contributed by atoms with Crippen molar-refractivity contribution < 1.29 is 23.1 Å². The molecular formula is C8H18N2O5S. The third kappa shape index (κ3) is 6.72. The predicted molar refractivity (Wildman–Crippen MR) is 58.1 cm³/mol. The van der Waals surface area contributed by atoms with Gasteiger partial charge in [-0.3, -0.25) is 4.79 Å². The largest absolute Gasteiger partial charge is 0.465 e. The summed E-state index contributed by atoms with van der Waals surface area (Å²) in [5.41, 5.74) is 5.42. The highest BCUT2D eigenvalue weighted by molar-refractivity contribution is 7.90. The highest BCUT2D eigenvalue weighted by Crippen LogP contribution is 1.91. The molecule has 0 rings (SSSR count). The molecule has 0 saturated carbocycles. The molecule has 0 aromatic carbocycles. The number of carbonyl (C=O) groups excluding carboxylic acids is 1. The lowest BCUT2D eigenvalue weighted by molar-refractivity contribution is -0.139. The van der Waals surface area contributed by atoms with Crippen molar-refractivity contribution in [3.8, 4) is 0 Å². The zero-order valence-electron chi connectivity index (χ0n) is 9.34. The molecule has 2 unspecified atom stereocenters. The molecule has 96 valence electrons. The first-order valence-electron chi connectivity index (χ1n) is 4.85. The van der Waals surface area contributed by atoms with Crippen molar-refractivity contribution in [1.82, 2.24) is 4.72 Å². The van der Waals surface area contributed by atoms with Crippen molar-refractivity contribution in [3.63, 3.8) is 0 Å². The van der Waals surface area contributed by atoms with Crippen molar-refractivity contribution in [2.24, 2.45) is 5.73 Å². The van der Waals surface area contributed by atoms with Gasteiger partial charge in [0.25, 0.3) is 0 Å². The number of aliphatic hydroxyl groups excluding tert-OH is 1. The molecule has 0 amide bonds. The Kier molecular flexibility index (Phi) is 6.49. The third-order valence-electron chi connectivity index (χ3n) is 1.77. The molecule has 0 aliphatic carbocycles. The van der Waals surface area contributed by atoms with Crippen molar-refractivity contribution in [3.05, 3.63) is 0 Å². The van der Waals surface area contributed by atoms with Gasteiger partial charge in [-0.25, -0.2) is 13.1 Å². The number of nitrogens with two attached hydrogens (primary N) is 1. The fraction of sp³-hybridized carbons (Fsp3) is 0.875. The van der Waals surface area contributed by atoms with Crippen LogP contribution in [-0.2, 0) is 19.6 Å². The SMILES string of the molecule is CCOC(=O)CS(=O)(=O)NCC(N)C(C)O. The summed E-state index contributed by atoms with van der Waals surface area (Å²) in [4.78, 5) is 10.9. The Morgan fingerprint density at radius 3 is 2.56 bits per heavy atom. The van der Waals surface area contributed by atoms with Gasteiger partial charge in [0.2, 0.25) is 10.0 Å². The highest BCUT2D eigenvalue weighted by atomic mass is 32.2. The quantitative estimate of drug-likeness (QED) is 0.460. The minimum atomic E-state index is -3.75. The molecule has 0 bridgehead atoms. The molecule has 0 spiro atoms. The number of hydrogen-bond acceptors (Lipinski definition) is 6. The Bertz CT molecular complexity index is 314. The van der Waals surface area contributed by atoms with E-state index in [4.69, 9.17) is 10.8 Å². The number of nitrogens with one attached hydrogen (secondary N) is 1. The lowest BCUT2D eigenvalue weighted by atomic mass is 10.2. The van der Waals surface area contributed by atoms with Gasteiger partial charge in [-0.15, -0.1) is 0 Å². The number of sulfonamides is 1. The maximum Gasteiger partial charge on any atom is 0.322 e. The van der Waals surface area contributed by atoms with Crippen LogP contribution in [0.1, 0.15) is 13.8 Å². The summed E-state index contributed by atoms with van der Waals surface area (Å²) in [6.45, 7) is 3.03. The minimum Gasteiger partial charge on any atom is -0.465 e. The summed E-state index contributed by atoms with van der Waals surface area (Å²) in [6, 6.07) is -0.711. The van der Waals surface area contributed by atoms with Gasteiger partial charge in [-0.1, -0.05) is 0 Å². The first-order chi connectivity index (χ1) is 7.28. The topological polar surface area (TPSA) is 119 Å². The van der Waals surface area contributed by atoms with E-state index in [9.17, 15) is 13.2 Å². The van der Waals surface area contributed by atoms with Gasteiger partial charge in [0.1, 0.15) is 0 Å². The van der Waals surface area contributed by atoms with Gasteiger partial charge in [0, 0.05) is 12.6 Å². The minimum absolute atomic E-state index is 0.126. The first-order valence-corrected chi connectivity index (χ1v) is 6.50. The molecule has 0 radical (unpaired) electrons. The van der Waals surface area contributed by atoms with Gasteiger partial charge >= 0.3 is 5.97 Å². The Hall–Kier alpha value is -0.700. The van der Waals surface area contributed by atoms with E-state index >= 15 is 0 Å². The van der Waals surface area contributed by atoms with Crippen LogP contribution in [0.3, 0.4) is 0 Å². The molecule has 7 nitrogen and oxygen atoms in total. The fourth-order valence-corrected chi connectivity index (χ4v) is 1.74. The second-order valence-corrected chi connectivity index (χ2v) is 5.12. The van der Waals surface area contributed by atoms with Gasteiger partial charge in [0.05, 0.1) is 12.7 Å². The van der Waals surface area contributed by atoms with Crippen LogP contribution in [-0.4, -0.2) is 50.5 Å². The van der Waals surface area contributed by atoms with Gasteiger partial charge in [-0.05, 0) is 13.8 Å². The van der Waals surface area contributed by atoms with Gasteiger partial charge in [0.15, 0.2) is 5.75 Å². The van der Waals surface area contributed by atoms with Crippen LogP contribution in [0, 0.1) is 0 Å². The lowest BCUT2D eigenvalue weighted by Crippen LogP contribution is -2.44. The molecule has 0 aliphatic rings. The Morgan fingerprint density at radius 1 is 1.56 bits per heavy atom. The average molecular weight is 254 g/mol. The van der Waals surface area contributed by atoms with Gasteiger partial charge in [-0.2, -0.15) is 0 Å². The summed E-state index contributed by atoms with van der Waals surface area (Å²) < 4.78 is 29.2. The fourth-order valence-electron chi connectivity index (χ4n) is 0.803. The second-order valence-electron chi connectivity index (χ2n) is 3.32. The Morgan fingerprint density at radius 2 is 2.12 bits per heavy atom. The molecular weight excluding hydrogens is 236 g/mol. The van der Waals surface area contributed by atoms with E-state index in [1.54, 1.807) is 6.92 Å². The van der Waals surface area contributed by atoms with Crippen LogP contribution in [0.5, 0.6) is 0 Å². The molecule has 0 fully saturated rings. The Balaban J connectivity index is 4.11. The summed E-state index contributed by atoms with van der Waals surface area (Å²) >= 11 is 0. The van der Waals surface area contributed by atoms with Crippen LogP contribution in [0.2, 0.25) is 0 Å². The molecule has 16 heavy (non-hydrogen) atoms. The number of ether oxygens (including phenoxy) is 1. The van der Waals surface area contributed by atoms with Crippen LogP contribution in [0.4, 0.5) is 0 Å². The lowest BCUT2D eigenvalue weighted by Gasteiger charge is -2.15. The average Bonchev–Trinajstić information content (AvgIpc) is 2.13. The molecule has 0 aliphatic heterocycles. The van der Waals surface area contributed by atoms with Crippen molar-refractivity contribution in [2.75, 3.05) is 18.9 Å². The van der Waals surface area contributed by atoms with E-state index in [2.05, 4.69) is 9.46 Å². The van der Waals surface area contributed by atoms with E-state index < -0.39 is 33.9 Å². The molecule has 0 aromatic rings.